The van der Waals surface area contributed by atoms with Gasteiger partial charge in [0, 0.05) is 26.7 Å². The fourth-order valence-electron chi connectivity index (χ4n) is 3.03. The van der Waals surface area contributed by atoms with E-state index in [1.165, 1.54) is 6.21 Å². The highest BCUT2D eigenvalue weighted by molar-refractivity contribution is 6.35. The first-order valence-electron chi connectivity index (χ1n) is 10.1. The van der Waals surface area contributed by atoms with Gasteiger partial charge < -0.3 is 19.5 Å². The van der Waals surface area contributed by atoms with Crippen LogP contribution < -0.4 is 25.0 Å². The highest BCUT2D eigenvalue weighted by Gasteiger charge is 2.16. The number of hydrogen-bond acceptors (Lipinski definition) is 6. The molecule has 0 spiro atoms. The van der Waals surface area contributed by atoms with Crippen LogP contribution in [-0.4, -0.2) is 31.4 Å². The van der Waals surface area contributed by atoms with Crippen molar-refractivity contribution in [3.05, 3.63) is 87.4 Å². The number of benzene rings is 3. The molecule has 0 saturated heterocycles. The van der Waals surface area contributed by atoms with Gasteiger partial charge in [-0.15, -0.1) is 0 Å². The van der Waals surface area contributed by atoms with Crippen LogP contribution in [0.2, 0.25) is 10.0 Å². The Kier molecular flexibility index (Phi) is 7.51. The van der Waals surface area contributed by atoms with Crippen LogP contribution in [0.1, 0.15) is 21.5 Å². The molecule has 0 radical (unpaired) electrons. The second-order valence-corrected chi connectivity index (χ2v) is 7.95. The molecule has 3 aromatic rings. The molecule has 0 saturated carbocycles. The van der Waals surface area contributed by atoms with Crippen LogP contribution in [0.25, 0.3) is 0 Å². The van der Waals surface area contributed by atoms with Gasteiger partial charge in [0.15, 0.2) is 11.5 Å². The fourth-order valence-corrected chi connectivity index (χ4v) is 3.49. The van der Waals surface area contributed by atoms with E-state index in [4.69, 9.17) is 37.4 Å². The Bertz CT molecular complexity index is 1250. The van der Waals surface area contributed by atoms with E-state index in [0.29, 0.717) is 38.4 Å². The molecule has 0 unspecified atom stereocenters. The Morgan fingerprint density at radius 3 is 2.71 bits per heavy atom. The molecular formula is C24H19Cl2N3O5. The quantitative estimate of drug-likeness (QED) is 0.357. The predicted molar refractivity (Wildman–Crippen MR) is 128 cm³/mol. The number of carbonyl (C=O) groups is 2. The molecule has 2 N–H and O–H groups in total. The summed E-state index contributed by atoms with van der Waals surface area (Å²) in [6.45, 7) is 0.0980. The zero-order chi connectivity index (χ0) is 23.9. The first-order chi connectivity index (χ1) is 16.5. The van der Waals surface area contributed by atoms with Gasteiger partial charge in [0.2, 0.25) is 6.79 Å². The van der Waals surface area contributed by atoms with Crippen molar-refractivity contribution in [1.82, 2.24) is 10.7 Å². The fraction of sp³-hybridized carbons (Fsp3) is 0.125. The van der Waals surface area contributed by atoms with Crippen LogP contribution in [0, 0.1) is 0 Å². The Morgan fingerprint density at radius 2 is 1.85 bits per heavy atom. The minimum atomic E-state index is -0.489. The van der Waals surface area contributed by atoms with Gasteiger partial charge in [-0.3, -0.25) is 9.59 Å². The highest BCUT2D eigenvalue weighted by Crippen LogP contribution is 2.32. The minimum Gasteiger partial charge on any atom is -0.488 e. The molecule has 0 fully saturated rings. The lowest BCUT2D eigenvalue weighted by Gasteiger charge is -2.10. The summed E-state index contributed by atoms with van der Waals surface area (Å²) < 4.78 is 16.3. The number of rotatable bonds is 8. The second-order valence-electron chi connectivity index (χ2n) is 7.11. The highest BCUT2D eigenvalue weighted by atomic mass is 35.5. The largest absolute Gasteiger partial charge is 0.488 e. The number of nitrogens with zero attached hydrogens (tertiary/aromatic N) is 1. The molecule has 4 rings (SSSR count). The van der Waals surface area contributed by atoms with Gasteiger partial charge in [0.25, 0.3) is 11.8 Å². The molecule has 1 aliphatic rings. The molecule has 174 valence electrons. The lowest BCUT2D eigenvalue weighted by Crippen LogP contribution is -2.34. The summed E-state index contributed by atoms with van der Waals surface area (Å²) in [5.41, 5.74) is 4.16. The number of carbonyl (C=O) groups excluding carboxylic acids is 2. The predicted octanol–water partition coefficient (Wildman–Crippen LogP) is 4.18. The topological polar surface area (TPSA) is 98.3 Å². The second kappa shape index (κ2) is 10.9. The third-order valence-corrected chi connectivity index (χ3v) is 5.34. The van der Waals surface area contributed by atoms with Crippen LogP contribution in [-0.2, 0) is 11.4 Å². The van der Waals surface area contributed by atoms with Crippen molar-refractivity contribution in [2.75, 3.05) is 13.3 Å². The van der Waals surface area contributed by atoms with E-state index >= 15 is 0 Å². The Morgan fingerprint density at radius 1 is 1.03 bits per heavy atom. The molecule has 2 amide bonds. The number of hydrazone groups is 1. The molecule has 10 heteroatoms. The molecular weight excluding hydrogens is 481 g/mol. The Hall–Kier alpha value is -3.75. The van der Waals surface area contributed by atoms with Crippen LogP contribution in [0.4, 0.5) is 0 Å². The monoisotopic (exact) mass is 499 g/mol. The number of halogens is 2. The molecule has 1 aliphatic heterocycles. The number of para-hydroxylation sites is 1. The van der Waals surface area contributed by atoms with E-state index in [1.54, 1.807) is 48.5 Å². The molecule has 0 atom stereocenters. The molecule has 3 aromatic carbocycles. The van der Waals surface area contributed by atoms with Crippen LogP contribution in [0.15, 0.2) is 65.8 Å². The van der Waals surface area contributed by atoms with Crippen molar-refractivity contribution in [2.45, 2.75) is 6.61 Å². The first-order valence-corrected chi connectivity index (χ1v) is 10.9. The number of nitrogens with one attached hydrogen (secondary N) is 2. The average molecular weight is 500 g/mol. The van der Waals surface area contributed by atoms with Crippen molar-refractivity contribution < 1.29 is 23.8 Å². The molecule has 34 heavy (non-hydrogen) atoms. The van der Waals surface area contributed by atoms with Gasteiger partial charge >= 0.3 is 0 Å². The molecule has 8 nitrogen and oxygen atoms in total. The Balaban J connectivity index is 1.28. The van der Waals surface area contributed by atoms with Gasteiger partial charge in [-0.1, -0.05) is 41.4 Å². The maximum absolute atomic E-state index is 12.3. The summed E-state index contributed by atoms with van der Waals surface area (Å²) in [6.07, 6.45) is 1.45. The van der Waals surface area contributed by atoms with Crippen LogP contribution >= 0.6 is 23.2 Å². The third kappa shape index (κ3) is 5.98. The van der Waals surface area contributed by atoms with Crippen LogP contribution in [0.3, 0.4) is 0 Å². The summed E-state index contributed by atoms with van der Waals surface area (Å²) in [5, 5.41) is 7.53. The Labute approximate surface area is 205 Å². The van der Waals surface area contributed by atoms with Crippen molar-refractivity contribution in [2.24, 2.45) is 5.10 Å². The minimum absolute atomic E-state index is 0.115. The van der Waals surface area contributed by atoms with E-state index in [2.05, 4.69) is 15.8 Å². The van der Waals surface area contributed by atoms with Crippen molar-refractivity contribution >= 4 is 41.2 Å². The molecule has 0 aliphatic carbocycles. The van der Waals surface area contributed by atoms with Crippen LogP contribution in [0.5, 0.6) is 17.2 Å². The summed E-state index contributed by atoms with van der Waals surface area (Å²) in [4.78, 5) is 24.3. The van der Waals surface area contributed by atoms with Gasteiger partial charge in [-0.2, -0.15) is 5.10 Å². The summed E-state index contributed by atoms with van der Waals surface area (Å²) in [7, 11) is 0. The van der Waals surface area contributed by atoms with Gasteiger partial charge in [0.05, 0.1) is 12.8 Å². The zero-order valence-electron chi connectivity index (χ0n) is 17.7. The van der Waals surface area contributed by atoms with E-state index in [-0.39, 0.29) is 19.9 Å². The SMILES string of the molecule is O=C(CNC(=O)c1ccc2c(c1)OCO2)N/N=C\c1ccccc1OCc1ccc(Cl)cc1Cl. The normalized spacial score (nSPS) is 11.9. The summed E-state index contributed by atoms with van der Waals surface area (Å²) in [6, 6.07) is 17.2. The first kappa shape index (κ1) is 23.4. The van der Waals surface area contributed by atoms with Crippen molar-refractivity contribution in [3.63, 3.8) is 0 Å². The maximum atomic E-state index is 12.3. The van der Waals surface area contributed by atoms with Gasteiger partial charge in [0.1, 0.15) is 12.4 Å². The number of amides is 2. The smallest absolute Gasteiger partial charge is 0.259 e. The number of hydrogen-bond donors (Lipinski definition) is 2. The summed E-state index contributed by atoms with van der Waals surface area (Å²) in [5.74, 6) is 0.710. The average Bonchev–Trinajstić information content (AvgIpc) is 3.31. The van der Waals surface area contributed by atoms with Gasteiger partial charge in [-0.05, 0) is 42.5 Å². The van der Waals surface area contributed by atoms with E-state index in [1.807, 2.05) is 12.1 Å². The van der Waals surface area contributed by atoms with E-state index in [0.717, 1.165) is 5.56 Å². The lowest BCUT2D eigenvalue weighted by atomic mass is 10.2. The number of fused-ring (bicyclic) bond motifs is 1. The summed E-state index contributed by atoms with van der Waals surface area (Å²) >= 11 is 12.1. The lowest BCUT2D eigenvalue weighted by molar-refractivity contribution is -0.120. The number of ether oxygens (including phenoxy) is 3. The van der Waals surface area contributed by atoms with Crippen molar-refractivity contribution in [1.29, 1.82) is 0 Å². The maximum Gasteiger partial charge on any atom is 0.259 e. The van der Waals surface area contributed by atoms with Crippen molar-refractivity contribution in [3.8, 4) is 17.2 Å². The molecule has 1 heterocycles. The van der Waals surface area contributed by atoms with E-state index in [9.17, 15) is 9.59 Å². The zero-order valence-corrected chi connectivity index (χ0v) is 19.2. The van der Waals surface area contributed by atoms with E-state index < -0.39 is 11.8 Å². The molecule has 0 aromatic heterocycles. The molecule has 0 bridgehead atoms. The van der Waals surface area contributed by atoms with Gasteiger partial charge in [-0.25, -0.2) is 5.43 Å². The third-order valence-electron chi connectivity index (χ3n) is 4.75. The standard InChI is InChI=1S/C24H19Cl2N3O5/c25-18-7-5-17(19(26)10-18)13-32-20-4-2-1-3-16(20)11-28-29-23(30)12-27-24(31)15-6-8-21-22(9-15)34-14-33-21/h1-11H,12-14H2,(H,27,31)(H,29,30)/b28-11-.